The topological polar surface area (TPSA) is 49.4 Å². The molecule has 5 heteroatoms. The number of carbonyl (C=O) groups is 2. The van der Waals surface area contributed by atoms with Gasteiger partial charge < -0.3 is 4.90 Å². The number of benzene rings is 1. The van der Waals surface area contributed by atoms with Crippen molar-refractivity contribution in [1.29, 1.82) is 0 Å². The zero-order valence-electron chi connectivity index (χ0n) is 11.4. The molecule has 0 aliphatic heterocycles. The Labute approximate surface area is 112 Å². The Balaban J connectivity index is 2.67. The molecule has 0 unspecified atom stereocenters. The summed E-state index contributed by atoms with van der Waals surface area (Å²) in [5, 5.41) is 2.07. The summed E-state index contributed by atoms with van der Waals surface area (Å²) in [6.45, 7) is 4.29. The number of halogens is 1. The van der Waals surface area contributed by atoms with Crippen LogP contribution in [0.3, 0.4) is 0 Å². The molecular weight excluding hydrogens is 247 g/mol. The molecule has 0 aliphatic rings. The molecule has 1 rings (SSSR count). The third kappa shape index (κ3) is 4.35. The molecule has 1 aromatic carbocycles. The quantitative estimate of drug-likeness (QED) is 0.802. The number of amides is 2. The molecule has 4 nitrogen and oxygen atoms in total. The lowest BCUT2D eigenvalue weighted by Crippen LogP contribution is -2.27. The summed E-state index contributed by atoms with van der Waals surface area (Å²) in [7, 11) is 1.78. The molecule has 2 amide bonds. The normalized spacial score (nSPS) is 10.4. The summed E-state index contributed by atoms with van der Waals surface area (Å²) in [4.78, 5) is 23.0. The number of nitrogens with zero attached hydrogens (tertiary/aromatic N) is 1. The van der Waals surface area contributed by atoms with Crippen molar-refractivity contribution in [2.75, 3.05) is 18.5 Å². The minimum Gasteiger partial charge on any atom is -0.374 e. The van der Waals surface area contributed by atoms with E-state index < -0.39 is 0 Å². The third-order valence-corrected chi connectivity index (χ3v) is 2.94. The van der Waals surface area contributed by atoms with Crippen LogP contribution < -0.4 is 10.2 Å². The van der Waals surface area contributed by atoms with Crippen LogP contribution in [0.2, 0.25) is 0 Å². The SMILES string of the molecule is CC(C)c1ccc(N(C)CCC(=O)NC=O)cc1F. The van der Waals surface area contributed by atoms with Crippen molar-refractivity contribution in [1.82, 2.24) is 5.32 Å². The second kappa shape index (κ2) is 6.87. The Hall–Kier alpha value is -1.91. The summed E-state index contributed by atoms with van der Waals surface area (Å²) in [6.07, 6.45) is 0.544. The number of imide groups is 1. The average Bonchev–Trinajstić information content (AvgIpc) is 2.35. The number of hydrogen-bond donors (Lipinski definition) is 1. The van der Waals surface area contributed by atoms with E-state index >= 15 is 0 Å². The molecule has 19 heavy (non-hydrogen) atoms. The third-order valence-electron chi connectivity index (χ3n) is 2.94. The predicted molar refractivity (Wildman–Crippen MR) is 72.6 cm³/mol. The minimum atomic E-state index is -0.346. The van der Waals surface area contributed by atoms with Gasteiger partial charge in [0.2, 0.25) is 12.3 Å². The van der Waals surface area contributed by atoms with E-state index in [1.807, 2.05) is 19.9 Å². The Morgan fingerprint density at radius 2 is 2.16 bits per heavy atom. The van der Waals surface area contributed by atoms with Crippen molar-refractivity contribution in [2.45, 2.75) is 26.2 Å². The number of carbonyl (C=O) groups excluding carboxylic acids is 2. The fraction of sp³-hybridized carbons (Fsp3) is 0.429. The first-order valence-corrected chi connectivity index (χ1v) is 6.19. The fourth-order valence-corrected chi connectivity index (χ4v) is 1.76. The van der Waals surface area contributed by atoms with Crippen LogP contribution in [0, 0.1) is 5.82 Å². The number of rotatable bonds is 6. The van der Waals surface area contributed by atoms with Gasteiger partial charge in [0.15, 0.2) is 0 Å². The Kier molecular flexibility index (Phi) is 5.48. The largest absolute Gasteiger partial charge is 0.374 e. The molecule has 0 spiro atoms. The molecule has 104 valence electrons. The first kappa shape index (κ1) is 15.1. The zero-order valence-corrected chi connectivity index (χ0v) is 11.4. The highest BCUT2D eigenvalue weighted by Crippen LogP contribution is 2.23. The first-order valence-electron chi connectivity index (χ1n) is 6.19. The van der Waals surface area contributed by atoms with Gasteiger partial charge in [0.25, 0.3) is 0 Å². The molecule has 0 saturated heterocycles. The Bertz CT molecular complexity index is 461. The van der Waals surface area contributed by atoms with Gasteiger partial charge in [-0.05, 0) is 23.6 Å². The molecule has 0 aliphatic carbocycles. The molecule has 0 fully saturated rings. The Morgan fingerprint density at radius 3 is 2.68 bits per heavy atom. The zero-order chi connectivity index (χ0) is 14.4. The minimum absolute atomic E-state index is 0.137. The van der Waals surface area contributed by atoms with Gasteiger partial charge in [-0.2, -0.15) is 0 Å². The van der Waals surface area contributed by atoms with Crippen LogP contribution >= 0.6 is 0 Å². The van der Waals surface area contributed by atoms with E-state index in [-0.39, 0.29) is 24.1 Å². The van der Waals surface area contributed by atoms with E-state index in [9.17, 15) is 14.0 Å². The van der Waals surface area contributed by atoms with Gasteiger partial charge in [-0.25, -0.2) is 4.39 Å². The van der Waals surface area contributed by atoms with E-state index in [0.29, 0.717) is 24.2 Å². The van der Waals surface area contributed by atoms with Crippen molar-refractivity contribution in [3.05, 3.63) is 29.6 Å². The van der Waals surface area contributed by atoms with Crippen LogP contribution in [0.15, 0.2) is 18.2 Å². The average molecular weight is 266 g/mol. The summed E-state index contributed by atoms with van der Waals surface area (Å²) in [5.41, 5.74) is 1.39. The second-order valence-corrected chi connectivity index (χ2v) is 4.72. The van der Waals surface area contributed by atoms with Gasteiger partial charge >= 0.3 is 0 Å². The number of anilines is 1. The highest BCUT2D eigenvalue weighted by atomic mass is 19.1. The van der Waals surface area contributed by atoms with Gasteiger partial charge in [0, 0.05) is 25.7 Å². The van der Waals surface area contributed by atoms with Crippen LogP contribution in [0.1, 0.15) is 31.7 Å². The van der Waals surface area contributed by atoms with Crippen molar-refractivity contribution in [3.63, 3.8) is 0 Å². The van der Waals surface area contributed by atoms with E-state index in [0.717, 1.165) is 0 Å². The van der Waals surface area contributed by atoms with Gasteiger partial charge in [0.1, 0.15) is 5.82 Å². The Morgan fingerprint density at radius 1 is 1.47 bits per heavy atom. The molecule has 0 heterocycles. The van der Waals surface area contributed by atoms with Crippen LogP contribution in [0.5, 0.6) is 0 Å². The lowest BCUT2D eigenvalue weighted by Gasteiger charge is -2.20. The maximum Gasteiger partial charge on any atom is 0.228 e. The summed E-state index contributed by atoms with van der Waals surface area (Å²) >= 11 is 0. The summed E-state index contributed by atoms with van der Waals surface area (Å²) in [6, 6.07) is 5.06. The van der Waals surface area contributed by atoms with Crippen molar-refractivity contribution >= 4 is 18.0 Å². The highest BCUT2D eigenvalue weighted by Gasteiger charge is 2.10. The first-order chi connectivity index (χ1) is 8.95. The fourth-order valence-electron chi connectivity index (χ4n) is 1.76. The van der Waals surface area contributed by atoms with Crippen LogP contribution in [-0.2, 0) is 9.59 Å². The van der Waals surface area contributed by atoms with Crippen LogP contribution in [0.4, 0.5) is 10.1 Å². The molecule has 0 saturated carbocycles. The number of hydrogen-bond acceptors (Lipinski definition) is 3. The van der Waals surface area contributed by atoms with Crippen LogP contribution in [0.25, 0.3) is 0 Å². The van der Waals surface area contributed by atoms with Crippen molar-refractivity contribution in [3.8, 4) is 0 Å². The molecular formula is C14H19FN2O2. The van der Waals surface area contributed by atoms with E-state index in [4.69, 9.17) is 0 Å². The summed E-state index contributed by atoms with van der Waals surface area (Å²) < 4.78 is 13.8. The summed E-state index contributed by atoms with van der Waals surface area (Å²) in [5.74, 6) is -0.449. The maximum absolute atomic E-state index is 13.8. The molecule has 0 radical (unpaired) electrons. The standard InChI is InChI=1S/C14H19FN2O2/c1-10(2)12-5-4-11(8-13(12)15)17(3)7-6-14(19)16-9-18/h4-5,8-10H,6-7H2,1-3H3,(H,16,18,19). The lowest BCUT2D eigenvalue weighted by molar-refractivity contribution is -0.125. The highest BCUT2D eigenvalue weighted by molar-refractivity contribution is 5.86. The van der Waals surface area contributed by atoms with Crippen molar-refractivity contribution in [2.24, 2.45) is 0 Å². The van der Waals surface area contributed by atoms with Crippen molar-refractivity contribution < 1.29 is 14.0 Å². The van der Waals surface area contributed by atoms with Gasteiger partial charge in [-0.3, -0.25) is 14.9 Å². The van der Waals surface area contributed by atoms with E-state index in [2.05, 4.69) is 5.32 Å². The maximum atomic E-state index is 13.8. The molecule has 0 aromatic heterocycles. The second-order valence-electron chi connectivity index (χ2n) is 4.72. The monoisotopic (exact) mass is 266 g/mol. The molecule has 1 aromatic rings. The molecule has 0 bridgehead atoms. The van der Waals surface area contributed by atoms with Gasteiger partial charge in [0.05, 0.1) is 0 Å². The molecule has 0 atom stereocenters. The lowest BCUT2D eigenvalue weighted by atomic mass is 10.0. The van der Waals surface area contributed by atoms with E-state index in [1.165, 1.54) is 6.07 Å². The smallest absolute Gasteiger partial charge is 0.228 e. The van der Waals surface area contributed by atoms with Gasteiger partial charge in [-0.15, -0.1) is 0 Å². The molecule has 1 N–H and O–H groups in total. The number of nitrogens with one attached hydrogen (secondary N) is 1. The van der Waals surface area contributed by atoms with Crippen LogP contribution in [-0.4, -0.2) is 25.9 Å². The predicted octanol–water partition coefficient (Wildman–Crippen LogP) is 2.05. The van der Waals surface area contributed by atoms with Gasteiger partial charge in [-0.1, -0.05) is 19.9 Å². The van der Waals surface area contributed by atoms with E-state index in [1.54, 1.807) is 18.0 Å².